The van der Waals surface area contributed by atoms with Gasteiger partial charge < -0.3 is 0 Å². The summed E-state index contributed by atoms with van der Waals surface area (Å²) in [5, 5.41) is 0. The number of hydrogen-bond acceptors (Lipinski definition) is 2. The fraction of sp³-hybridized carbons (Fsp3) is 0.556. The van der Waals surface area contributed by atoms with Gasteiger partial charge in [0.1, 0.15) is 0 Å². The van der Waals surface area contributed by atoms with Gasteiger partial charge in [0, 0.05) is 12.7 Å². The van der Waals surface area contributed by atoms with E-state index in [2.05, 4.69) is 6.92 Å². The number of aryl methyl sites for hydroxylation is 1. The lowest BCUT2D eigenvalue weighted by Crippen LogP contribution is -2.41. The predicted molar refractivity (Wildman–Crippen MR) is 86.6 cm³/mol. The topological polar surface area (TPSA) is 37.4 Å². The molecule has 3 aliphatic rings. The van der Waals surface area contributed by atoms with Gasteiger partial charge in [0.15, 0.2) is 0 Å². The summed E-state index contributed by atoms with van der Waals surface area (Å²) in [5.74, 6) is 2.69. The fourth-order valence-corrected chi connectivity index (χ4v) is 6.39. The molecule has 2 aliphatic carbocycles. The molecule has 2 bridgehead atoms. The van der Waals surface area contributed by atoms with Crippen LogP contribution in [0.25, 0.3) is 0 Å². The molecule has 4 rings (SSSR count). The molecule has 4 heteroatoms. The number of benzene rings is 1. The van der Waals surface area contributed by atoms with Crippen LogP contribution in [0.4, 0.5) is 0 Å². The maximum absolute atomic E-state index is 12.9. The van der Waals surface area contributed by atoms with Crippen molar-refractivity contribution < 1.29 is 8.42 Å². The number of allylic oxidation sites excluding steroid dienone is 1. The van der Waals surface area contributed by atoms with E-state index in [1.54, 1.807) is 16.4 Å². The molecule has 0 amide bonds. The highest BCUT2D eigenvalue weighted by Gasteiger charge is 2.50. The zero-order valence-corrected chi connectivity index (χ0v) is 14.0. The minimum absolute atomic E-state index is 0.406. The standard InChI is InChI=1S/C18H23NO2S/c1-12-3-7-16(8-4-12)22(20,21)19-10-13(2)18-15-6-5-14(9-15)17(18)11-19/h3-4,7-8,10,14-15,17-18H,5-6,9,11H2,1-2H3/t14-,15+,17+,18-/m0/s1. The second kappa shape index (κ2) is 4.85. The Bertz CT molecular complexity index is 720. The molecule has 0 saturated heterocycles. The van der Waals surface area contributed by atoms with Crippen LogP contribution >= 0.6 is 0 Å². The molecule has 1 aromatic carbocycles. The minimum Gasteiger partial charge on any atom is -0.273 e. The molecular weight excluding hydrogens is 294 g/mol. The van der Waals surface area contributed by atoms with E-state index >= 15 is 0 Å². The van der Waals surface area contributed by atoms with Gasteiger partial charge in [-0.3, -0.25) is 4.31 Å². The highest BCUT2D eigenvalue weighted by molar-refractivity contribution is 7.89. The van der Waals surface area contributed by atoms with Gasteiger partial charge in [-0.2, -0.15) is 0 Å². The largest absolute Gasteiger partial charge is 0.273 e. The third kappa shape index (κ3) is 2.03. The Balaban J connectivity index is 1.68. The second-order valence-corrected chi connectivity index (χ2v) is 9.17. The lowest BCUT2D eigenvalue weighted by Gasteiger charge is -2.39. The molecular formula is C18H23NO2S. The maximum atomic E-state index is 12.9. The van der Waals surface area contributed by atoms with Gasteiger partial charge in [0.2, 0.25) is 0 Å². The van der Waals surface area contributed by atoms with Crippen LogP contribution < -0.4 is 0 Å². The lowest BCUT2D eigenvalue weighted by molar-refractivity contribution is 0.206. The highest BCUT2D eigenvalue weighted by Crippen LogP contribution is 2.56. The number of nitrogens with zero attached hydrogens (tertiary/aromatic N) is 1. The van der Waals surface area contributed by atoms with Gasteiger partial charge in [0.05, 0.1) is 4.90 Å². The van der Waals surface area contributed by atoms with Gasteiger partial charge in [-0.25, -0.2) is 8.42 Å². The van der Waals surface area contributed by atoms with Gasteiger partial charge >= 0.3 is 0 Å². The number of sulfonamides is 1. The SMILES string of the molecule is CC1=CN(S(=O)(=O)c2ccc(C)cc2)C[C@@H]2[C@H]3CC[C@H](C3)[C@H]12. The van der Waals surface area contributed by atoms with E-state index in [-0.39, 0.29) is 0 Å². The summed E-state index contributed by atoms with van der Waals surface area (Å²) < 4.78 is 27.4. The van der Waals surface area contributed by atoms with Crippen LogP contribution in [-0.2, 0) is 10.0 Å². The molecule has 118 valence electrons. The Morgan fingerprint density at radius 1 is 1.05 bits per heavy atom. The Morgan fingerprint density at radius 3 is 2.45 bits per heavy atom. The van der Waals surface area contributed by atoms with E-state index in [1.165, 1.54) is 24.8 Å². The first-order valence-electron chi connectivity index (χ1n) is 8.23. The van der Waals surface area contributed by atoms with Crippen LogP contribution in [0.15, 0.2) is 40.9 Å². The number of fused-ring (bicyclic) bond motifs is 5. The van der Waals surface area contributed by atoms with E-state index in [9.17, 15) is 8.42 Å². The zero-order valence-electron chi connectivity index (χ0n) is 13.2. The Hall–Kier alpha value is -1.29. The molecule has 3 nitrogen and oxygen atoms in total. The van der Waals surface area contributed by atoms with Crippen molar-refractivity contribution in [3.8, 4) is 0 Å². The van der Waals surface area contributed by atoms with Gasteiger partial charge in [-0.1, -0.05) is 23.3 Å². The smallest absolute Gasteiger partial charge is 0.263 e. The maximum Gasteiger partial charge on any atom is 0.263 e. The summed E-state index contributed by atoms with van der Waals surface area (Å²) in [4.78, 5) is 0.406. The van der Waals surface area contributed by atoms with E-state index in [4.69, 9.17) is 0 Å². The quantitative estimate of drug-likeness (QED) is 0.836. The van der Waals surface area contributed by atoms with Crippen molar-refractivity contribution in [2.24, 2.45) is 23.7 Å². The highest BCUT2D eigenvalue weighted by atomic mass is 32.2. The van der Waals surface area contributed by atoms with Crippen molar-refractivity contribution >= 4 is 10.0 Å². The molecule has 0 radical (unpaired) electrons. The Morgan fingerprint density at radius 2 is 1.73 bits per heavy atom. The monoisotopic (exact) mass is 317 g/mol. The van der Waals surface area contributed by atoms with E-state index in [0.717, 1.165) is 17.4 Å². The number of rotatable bonds is 2. The summed E-state index contributed by atoms with van der Waals surface area (Å²) in [6.45, 7) is 4.76. The van der Waals surface area contributed by atoms with Crippen molar-refractivity contribution in [2.75, 3.05) is 6.54 Å². The first-order chi connectivity index (χ1) is 10.5. The summed E-state index contributed by atoms with van der Waals surface area (Å²) in [6, 6.07) is 7.18. The van der Waals surface area contributed by atoms with E-state index in [0.29, 0.717) is 23.3 Å². The number of hydrogen-bond donors (Lipinski definition) is 0. The van der Waals surface area contributed by atoms with Crippen LogP contribution in [0.2, 0.25) is 0 Å². The van der Waals surface area contributed by atoms with E-state index in [1.807, 2.05) is 25.3 Å². The van der Waals surface area contributed by atoms with Gasteiger partial charge in [0.25, 0.3) is 10.0 Å². The van der Waals surface area contributed by atoms with Crippen LogP contribution in [0.1, 0.15) is 31.7 Å². The van der Waals surface area contributed by atoms with Crippen LogP contribution in [0, 0.1) is 30.6 Å². The molecule has 0 aromatic heterocycles. The minimum atomic E-state index is -3.41. The third-order valence-corrected chi connectivity index (χ3v) is 7.72. The van der Waals surface area contributed by atoms with Crippen LogP contribution in [-0.4, -0.2) is 19.3 Å². The van der Waals surface area contributed by atoms with Crippen molar-refractivity contribution in [1.29, 1.82) is 0 Å². The zero-order chi connectivity index (χ0) is 15.5. The first-order valence-corrected chi connectivity index (χ1v) is 9.67. The van der Waals surface area contributed by atoms with Crippen molar-refractivity contribution in [3.63, 3.8) is 0 Å². The van der Waals surface area contributed by atoms with Crippen LogP contribution in [0.3, 0.4) is 0 Å². The normalized spacial score (nSPS) is 33.7. The predicted octanol–water partition coefficient (Wildman–Crippen LogP) is 3.57. The van der Waals surface area contributed by atoms with E-state index < -0.39 is 10.0 Å². The van der Waals surface area contributed by atoms with Crippen molar-refractivity contribution in [2.45, 2.75) is 38.0 Å². The average Bonchev–Trinajstić information content (AvgIpc) is 3.09. The Labute approximate surface area is 133 Å². The summed E-state index contributed by atoms with van der Waals surface area (Å²) in [7, 11) is -3.41. The fourth-order valence-electron chi connectivity index (χ4n) is 4.97. The summed E-state index contributed by atoms with van der Waals surface area (Å²) in [6.07, 6.45) is 5.83. The lowest BCUT2D eigenvalue weighted by atomic mass is 9.74. The molecule has 2 fully saturated rings. The molecule has 1 aliphatic heterocycles. The molecule has 0 spiro atoms. The Kier molecular flexibility index (Phi) is 3.16. The average molecular weight is 317 g/mol. The third-order valence-electron chi connectivity index (χ3n) is 5.98. The molecule has 2 saturated carbocycles. The molecule has 0 N–H and O–H groups in total. The molecule has 1 aromatic rings. The van der Waals surface area contributed by atoms with Gasteiger partial charge in [-0.15, -0.1) is 0 Å². The molecule has 1 heterocycles. The molecule has 22 heavy (non-hydrogen) atoms. The molecule has 4 atom stereocenters. The van der Waals surface area contributed by atoms with Crippen LogP contribution in [0.5, 0.6) is 0 Å². The second-order valence-electron chi connectivity index (χ2n) is 7.28. The van der Waals surface area contributed by atoms with Crippen molar-refractivity contribution in [3.05, 3.63) is 41.6 Å². The first kappa shape index (κ1) is 14.3. The summed E-state index contributed by atoms with van der Waals surface area (Å²) in [5.41, 5.74) is 2.34. The van der Waals surface area contributed by atoms with Gasteiger partial charge in [-0.05, 0) is 68.9 Å². The summed E-state index contributed by atoms with van der Waals surface area (Å²) >= 11 is 0. The molecule has 0 unspecified atom stereocenters. The van der Waals surface area contributed by atoms with Crippen molar-refractivity contribution in [1.82, 2.24) is 4.31 Å².